The van der Waals surface area contributed by atoms with Gasteiger partial charge in [0.05, 0.1) is 0 Å². The molecule has 0 saturated carbocycles. The number of aryl methyl sites for hydroxylation is 1. The normalized spacial score (nSPS) is 9.77. The van der Waals surface area contributed by atoms with Crippen molar-refractivity contribution >= 4 is 23.2 Å². The topological polar surface area (TPSA) is 29.1 Å². The van der Waals surface area contributed by atoms with Gasteiger partial charge >= 0.3 is 0 Å². The first kappa shape index (κ1) is 10.1. The molecule has 0 atom stereocenters. The van der Waals surface area contributed by atoms with Crippen molar-refractivity contribution in [1.82, 2.24) is 0 Å². The summed E-state index contributed by atoms with van der Waals surface area (Å²) < 4.78 is 0. The van der Waals surface area contributed by atoms with Gasteiger partial charge in [0.15, 0.2) is 0 Å². The zero-order chi connectivity index (χ0) is 9.84. The lowest BCUT2D eigenvalue weighted by Gasteiger charge is -2.06. The lowest BCUT2D eigenvalue weighted by atomic mass is 10.2. The summed E-state index contributed by atoms with van der Waals surface area (Å²) in [5.74, 6) is 0.0189. The summed E-state index contributed by atoms with van der Waals surface area (Å²) in [7, 11) is 0. The monoisotopic (exact) mass is 197 g/mol. The van der Waals surface area contributed by atoms with E-state index in [1.54, 1.807) is 6.07 Å². The minimum Gasteiger partial charge on any atom is -0.326 e. The van der Waals surface area contributed by atoms with E-state index in [0.29, 0.717) is 11.4 Å². The summed E-state index contributed by atoms with van der Waals surface area (Å²) in [4.78, 5) is 11.1. The highest BCUT2D eigenvalue weighted by Gasteiger charge is 2.01. The largest absolute Gasteiger partial charge is 0.326 e. The minimum atomic E-state index is 0.0189. The van der Waals surface area contributed by atoms with Crippen LogP contribution < -0.4 is 5.32 Å². The van der Waals surface area contributed by atoms with Gasteiger partial charge in [0.2, 0.25) is 5.91 Å². The summed E-state index contributed by atoms with van der Waals surface area (Å²) >= 11 is 5.77. The maximum Gasteiger partial charge on any atom is 0.224 e. The predicted octanol–water partition coefficient (Wildman–Crippen LogP) is 3.00. The Morgan fingerprint density at radius 3 is 2.77 bits per heavy atom. The van der Waals surface area contributed by atoms with E-state index in [4.69, 9.17) is 11.6 Å². The van der Waals surface area contributed by atoms with Gasteiger partial charge in [0.25, 0.3) is 0 Å². The van der Waals surface area contributed by atoms with Crippen molar-refractivity contribution in [3.05, 3.63) is 28.8 Å². The summed E-state index contributed by atoms with van der Waals surface area (Å²) in [6.07, 6.45) is 0.488. The lowest BCUT2D eigenvalue weighted by molar-refractivity contribution is -0.115. The molecule has 1 amide bonds. The lowest BCUT2D eigenvalue weighted by Crippen LogP contribution is -2.10. The van der Waals surface area contributed by atoms with Crippen molar-refractivity contribution in [2.75, 3.05) is 5.32 Å². The molecule has 0 radical (unpaired) electrons. The molecule has 0 heterocycles. The molecular weight excluding hydrogens is 186 g/mol. The van der Waals surface area contributed by atoms with Gasteiger partial charge in [-0.15, -0.1) is 0 Å². The van der Waals surface area contributed by atoms with E-state index in [-0.39, 0.29) is 5.91 Å². The number of amides is 1. The molecule has 0 spiro atoms. The Morgan fingerprint density at radius 2 is 2.23 bits per heavy atom. The first-order valence-electron chi connectivity index (χ1n) is 4.19. The fourth-order valence-electron chi connectivity index (χ4n) is 1.01. The number of hydrogen-bond donors (Lipinski definition) is 1. The highest BCUT2D eigenvalue weighted by Crippen LogP contribution is 2.19. The summed E-state index contributed by atoms with van der Waals surface area (Å²) in [5, 5.41) is 3.48. The average molecular weight is 198 g/mol. The fraction of sp³-hybridized carbons (Fsp3) is 0.300. The molecule has 0 aliphatic carbocycles. The molecule has 0 fully saturated rings. The van der Waals surface area contributed by atoms with Gasteiger partial charge in [0.1, 0.15) is 0 Å². The molecule has 0 aliphatic heterocycles. The Hall–Kier alpha value is -1.02. The van der Waals surface area contributed by atoms with Crippen LogP contribution in [0, 0.1) is 6.92 Å². The number of rotatable bonds is 2. The third-order valence-corrected chi connectivity index (χ3v) is 2.02. The molecule has 0 unspecified atom stereocenters. The van der Waals surface area contributed by atoms with Gasteiger partial charge in [-0.05, 0) is 30.7 Å². The van der Waals surface area contributed by atoms with Crippen LogP contribution >= 0.6 is 11.6 Å². The Kier molecular flexibility index (Phi) is 3.32. The van der Waals surface area contributed by atoms with E-state index in [0.717, 1.165) is 11.3 Å². The maximum absolute atomic E-state index is 11.1. The van der Waals surface area contributed by atoms with Crippen LogP contribution in [0.5, 0.6) is 0 Å². The Morgan fingerprint density at radius 1 is 1.54 bits per heavy atom. The van der Waals surface area contributed by atoms with Crippen LogP contribution in [-0.4, -0.2) is 5.91 Å². The third-order valence-electron chi connectivity index (χ3n) is 1.78. The van der Waals surface area contributed by atoms with Crippen LogP contribution in [0.3, 0.4) is 0 Å². The highest BCUT2D eigenvalue weighted by molar-refractivity contribution is 6.30. The van der Waals surface area contributed by atoms with E-state index in [1.165, 1.54) is 0 Å². The van der Waals surface area contributed by atoms with Gasteiger partial charge in [-0.1, -0.05) is 18.5 Å². The summed E-state index contributed by atoms with van der Waals surface area (Å²) in [6, 6.07) is 5.40. The molecule has 0 bridgehead atoms. The summed E-state index contributed by atoms with van der Waals surface area (Å²) in [5.41, 5.74) is 1.81. The van der Waals surface area contributed by atoms with Crippen molar-refractivity contribution in [2.45, 2.75) is 20.3 Å². The standard InChI is InChI=1S/C10H12ClNO/c1-3-10(13)12-9-5-4-8(11)6-7(9)2/h4-6H,3H2,1-2H3,(H,12,13). The van der Waals surface area contributed by atoms with Gasteiger partial charge < -0.3 is 5.32 Å². The van der Waals surface area contributed by atoms with E-state index in [2.05, 4.69) is 5.32 Å². The van der Waals surface area contributed by atoms with Crippen LogP contribution in [0.4, 0.5) is 5.69 Å². The number of nitrogens with one attached hydrogen (secondary N) is 1. The molecule has 1 N–H and O–H groups in total. The molecule has 70 valence electrons. The smallest absolute Gasteiger partial charge is 0.224 e. The highest BCUT2D eigenvalue weighted by atomic mass is 35.5. The molecule has 0 aliphatic rings. The molecule has 1 aromatic rings. The molecular formula is C10H12ClNO. The second-order valence-electron chi connectivity index (χ2n) is 2.86. The number of anilines is 1. The Labute approximate surface area is 82.9 Å². The number of hydrogen-bond acceptors (Lipinski definition) is 1. The van der Waals surface area contributed by atoms with Crippen molar-refractivity contribution in [2.24, 2.45) is 0 Å². The van der Waals surface area contributed by atoms with E-state index in [9.17, 15) is 4.79 Å². The van der Waals surface area contributed by atoms with Crippen LogP contribution in [0.25, 0.3) is 0 Å². The molecule has 0 saturated heterocycles. The first-order valence-corrected chi connectivity index (χ1v) is 4.57. The number of carbonyl (C=O) groups excluding carboxylic acids is 1. The number of benzene rings is 1. The van der Waals surface area contributed by atoms with Gasteiger partial charge in [-0.3, -0.25) is 4.79 Å². The van der Waals surface area contributed by atoms with Gasteiger partial charge in [0, 0.05) is 17.1 Å². The van der Waals surface area contributed by atoms with Gasteiger partial charge in [-0.2, -0.15) is 0 Å². The summed E-state index contributed by atoms with van der Waals surface area (Å²) in [6.45, 7) is 3.73. The Balaban J connectivity index is 2.83. The maximum atomic E-state index is 11.1. The number of carbonyl (C=O) groups is 1. The van der Waals surface area contributed by atoms with E-state index < -0.39 is 0 Å². The predicted molar refractivity (Wildman–Crippen MR) is 55.1 cm³/mol. The van der Waals surface area contributed by atoms with Crippen molar-refractivity contribution in [1.29, 1.82) is 0 Å². The zero-order valence-electron chi connectivity index (χ0n) is 7.73. The zero-order valence-corrected chi connectivity index (χ0v) is 8.48. The van der Waals surface area contributed by atoms with Crippen molar-refractivity contribution < 1.29 is 4.79 Å². The number of halogens is 1. The second kappa shape index (κ2) is 4.28. The van der Waals surface area contributed by atoms with Crippen LogP contribution in [-0.2, 0) is 4.79 Å². The molecule has 0 aromatic heterocycles. The van der Waals surface area contributed by atoms with Gasteiger partial charge in [-0.25, -0.2) is 0 Å². The van der Waals surface area contributed by atoms with Crippen molar-refractivity contribution in [3.63, 3.8) is 0 Å². The first-order chi connectivity index (χ1) is 6.13. The second-order valence-corrected chi connectivity index (χ2v) is 3.30. The molecule has 1 rings (SSSR count). The van der Waals surface area contributed by atoms with Crippen LogP contribution in [0.2, 0.25) is 5.02 Å². The molecule has 13 heavy (non-hydrogen) atoms. The molecule has 2 nitrogen and oxygen atoms in total. The quantitative estimate of drug-likeness (QED) is 0.776. The fourth-order valence-corrected chi connectivity index (χ4v) is 1.23. The Bertz CT molecular complexity index is 323. The van der Waals surface area contributed by atoms with Crippen molar-refractivity contribution in [3.8, 4) is 0 Å². The third kappa shape index (κ3) is 2.74. The van der Waals surface area contributed by atoms with Crippen LogP contribution in [0.1, 0.15) is 18.9 Å². The van der Waals surface area contributed by atoms with E-state index in [1.807, 2.05) is 26.0 Å². The van der Waals surface area contributed by atoms with Crippen LogP contribution in [0.15, 0.2) is 18.2 Å². The SMILES string of the molecule is CCC(=O)Nc1ccc(Cl)cc1C. The molecule has 3 heteroatoms. The molecule has 1 aromatic carbocycles. The minimum absolute atomic E-state index is 0.0189. The van der Waals surface area contributed by atoms with E-state index >= 15 is 0 Å². The average Bonchev–Trinajstić information content (AvgIpc) is 2.09.